The van der Waals surface area contributed by atoms with Crippen molar-refractivity contribution in [3.05, 3.63) is 28.5 Å². The maximum absolute atomic E-state index is 12.0. The highest BCUT2D eigenvalue weighted by molar-refractivity contribution is 6.29. The summed E-state index contributed by atoms with van der Waals surface area (Å²) in [7, 11) is 0. The molecule has 116 valence electrons. The SMILES string of the molecule is Cc1cc(C2CCN(C(=O)OC(C)(C)C)CC2)cc(Cl)n1. The minimum Gasteiger partial charge on any atom is -0.444 e. The summed E-state index contributed by atoms with van der Waals surface area (Å²) in [5.41, 5.74) is 1.72. The predicted molar refractivity (Wildman–Crippen MR) is 83.8 cm³/mol. The number of pyridine rings is 1. The quantitative estimate of drug-likeness (QED) is 0.731. The van der Waals surface area contributed by atoms with Crippen molar-refractivity contribution in [2.75, 3.05) is 13.1 Å². The van der Waals surface area contributed by atoms with Crippen molar-refractivity contribution in [3.8, 4) is 0 Å². The molecule has 1 aromatic heterocycles. The van der Waals surface area contributed by atoms with Gasteiger partial charge in [-0.25, -0.2) is 9.78 Å². The molecular formula is C16H23ClN2O2. The highest BCUT2D eigenvalue weighted by Crippen LogP contribution is 2.30. The average molecular weight is 311 g/mol. The van der Waals surface area contributed by atoms with Crippen molar-refractivity contribution in [2.24, 2.45) is 0 Å². The number of aromatic nitrogens is 1. The number of carbonyl (C=O) groups excluding carboxylic acids is 1. The first-order valence-electron chi connectivity index (χ1n) is 7.36. The molecule has 1 saturated heterocycles. The molecule has 1 fully saturated rings. The monoisotopic (exact) mass is 310 g/mol. The van der Waals surface area contributed by atoms with Crippen LogP contribution in [0.4, 0.5) is 4.79 Å². The molecule has 0 spiro atoms. The number of likely N-dealkylation sites (tertiary alicyclic amines) is 1. The number of carbonyl (C=O) groups is 1. The lowest BCUT2D eigenvalue weighted by molar-refractivity contribution is 0.0205. The fourth-order valence-corrected chi connectivity index (χ4v) is 2.87. The molecular weight excluding hydrogens is 288 g/mol. The van der Waals surface area contributed by atoms with Crippen LogP contribution in [-0.2, 0) is 4.74 Å². The van der Waals surface area contributed by atoms with Gasteiger partial charge in [-0.3, -0.25) is 0 Å². The number of hydrogen-bond acceptors (Lipinski definition) is 3. The number of halogens is 1. The van der Waals surface area contributed by atoms with Crippen LogP contribution in [0.1, 0.15) is 50.8 Å². The molecule has 0 bridgehead atoms. The molecule has 0 unspecified atom stereocenters. The van der Waals surface area contributed by atoms with Crippen molar-refractivity contribution in [1.29, 1.82) is 0 Å². The molecule has 1 aliphatic rings. The van der Waals surface area contributed by atoms with Crippen molar-refractivity contribution < 1.29 is 9.53 Å². The average Bonchev–Trinajstić information content (AvgIpc) is 2.35. The summed E-state index contributed by atoms with van der Waals surface area (Å²) in [4.78, 5) is 18.0. The third kappa shape index (κ3) is 4.60. The molecule has 1 aromatic rings. The van der Waals surface area contributed by atoms with Crippen LogP contribution >= 0.6 is 11.6 Å². The number of amides is 1. The fraction of sp³-hybridized carbons (Fsp3) is 0.625. The zero-order valence-electron chi connectivity index (χ0n) is 13.1. The van der Waals surface area contributed by atoms with E-state index < -0.39 is 5.60 Å². The molecule has 5 heteroatoms. The van der Waals surface area contributed by atoms with Crippen molar-refractivity contribution >= 4 is 17.7 Å². The zero-order valence-corrected chi connectivity index (χ0v) is 13.9. The first-order valence-corrected chi connectivity index (χ1v) is 7.74. The highest BCUT2D eigenvalue weighted by Gasteiger charge is 2.27. The number of rotatable bonds is 1. The van der Waals surface area contributed by atoms with E-state index in [0.717, 1.165) is 31.6 Å². The van der Waals surface area contributed by atoms with Gasteiger partial charge in [-0.2, -0.15) is 0 Å². The highest BCUT2D eigenvalue weighted by atomic mass is 35.5. The van der Waals surface area contributed by atoms with E-state index in [1.165, 1.54) is 5.56 Å². The van der Waals surface area contributed by atoms with Crippen molar-refractivity contribution in [2.45, 2.75) is 52.1 Å². The van der Waals surface area contributed by atoms with Gasteiger partial charge in [0.25, 0.3) is 0 Å². The minimum absolute atomic E-state index is 0.218. The van der Waals surface area contributed by atoms with Gasteiger partial charge >= 0.3 is 6.09 Å². The summed E-state index contributed by atoms with van der Waals surface area (Å²) in [5.74, 6) is 0.433. The molecule has 0 saturated carbocycles. The van der Waals surface area contributed by atoms with E-state index in [4.69, 9.17) is 16.3 Å². The molecule has 1 amide bonds. The smallest absolute Gasteiger partial charge is 0.410 e. The second-order valence-electron chi connectivity index (χ2n) is 6.61. The first kappa shape index (κ1) is 16.1. The van der Waals surface area contributed by atoms with Crippen LogP contribution in [0.15, 0.2) is 12.1 Å². The third-order valence-corrected chi connectivity index (χ3v) is 3.76. The topological polar surface area (TPSA) is 42.4 Å². The van der Waals surface area contributed by atoms with Crippen molar-refractivity contribution in [3.63, 3.8) is 0 Å². The second kappa shape index (κ2) is 6.22. The Morgan fingerprint density at radius 3 is 2.48 bits per heavy atom. The van der Waals surface area contributed by atoms with Gasteiger partial charge in [-0.15, -0.1) is 0 Å². The van der Waals surface area contributed by atoms with Crippen LogP contribution < -0.4 is 0 Å². The van der Waals surface area contributed by atoms with Crippen LogP contribution in [0, 0.1) is 6.92 Å². The predicted octanol–water partition coefficient (Wildman–Crippen LogP) is 4.16. The fourth-order valence-electron chi connectivity index (χ4n) is 2.61. The van der Waals surface area contributed by atoms with Gasteiger partial charge in [-0.1, -0.05) is 11.6 Å². The lowest BCUT2D eigenvalue weighted by atomic mass is 9.90. The largest absolute Gasteiger partial charge is 0.444 e. The number of hydrogen-bond donors (Lipinski definition) is 0. The molecule has 1 aliphatic heterocycles. The summed E-state index contributed by atoms with van der Waals surface area (Å²) < 4.78 is 5.41. The first-order chi connectivity index (χ1) is 9.74. The van der Waals surface area contributed by atoms with Gasteiger partial charge in [-0.05, 0) is 64.2 Å². The molecule has 0 aromatic carbocycles. The molecule has 0 N–H and O–H groups in total. The van der Waals surface area contributed by atoms with E-state index in [2.05, 4.69) is 11.1 Å². The summed E-state index contributed by atoms with van der Waals surface area (Å²) >= 11 is 6.03. The maximum Gasteiger partial charge on any atom is 0.410 e. The summed E-state index contributed by atoms with van der Waals surface area (Å²) in [6, 6.07) is 4.02. The Labute approximate surface area is 131 Å². The Hall–Kier alpha value is -1.29. The lowest BCUT2D eigenvalue weighted by Crippen LogP contribution is -2.41. The van der Waals surface area contributed by atoms with E-state index in [1.54, 1.807) is 4.90 Å². The molecule has 21 heavy (non-hydrogen) atoms. The van der Waals surface area contributed by atoms with Crippen LogP contribution in [0.25, 0.3) is 0 Å². The van der Waals surface area contributed by atoms with E-state index >= 15 is 0 Å². The van der Waals surface area contributed by atoms with Crippen LogP contribution in [0.5, 0.6) is 0 Å². The normalized spacial score (nSPS) is 16.9. The summed E-state index contributed by atoms with van der Waals surface area (Å²) in [5, 5.41) is 0.541. The van der Waals surface area contributed by atoms with Crippen LogP contribution in [0.3, 0.4) is 0 Å². The van der Waals surface area contributed by atoms with Gasteiger partial charge in [0.2, 0.25) is 0 Å². The standard InChI is InChI=1S/C16H23ClN2O2/c1-11-9-13(10-14(17)18-11)12-5-7-19(8-6-12)15(20)21-16(2,3)4/h9-10,12H,5-8H2,1-4H3. The molecule has 2 heterocycles. The number of nitrogens with zero attached hydrogens (tertiary/aromatic N) is 2. The third-order valence-electron chi connectivity index (χ3n) is 3.56. The zero-order chi connectivity index (χ0) is 15.6. The number of piperidine rings is 1. The Morgan fingerprint density at radius 1 is 1.33 bits per heavy atom. The molecule has 0 atom stereocenters. The van der Waals surface area contributed by atoms with Gasteiger partial charge in [0, 0.05) is 18.8 Å². The molecule has 0 radical (unpaired) electrons. The summed E-state index contributed by atoms with van der Waals surface area (Å²) in [6.45, 7) is 9.06. The Kier molecular flexibility index (Phi) is 4.77. The minimum atomic E-state index is -0.441. The van der Waals surface area contributed by atoms with Crippen molar-refractivity contribution in [1.82, 2.24) is 9.88 Å². The van der Waals surface area contributed by atoms with E-state index in [-0.39, 0.29) is 6.09 Å². The molecule has 0 aliphatic carbocycles. The Balaban J connectivity index is 1.95. The van der Waals surface area contributed by atoms with Gasteiger partial charge in [0.1, 0.15) is 10.8 Å². The number of aryl methyl sites for hydroxylation is 1. The van der Waals surface area contributed by atoms with E-state index in [9.17, 15) is 4.79 Å². The Bertz CT molecular complexity index is 497. The molecule has 2 rings (SSSR count). The van der Waals surface area contributed by atoms with E-state index in [0.29, 0.717) is 11.1 Å². The Morgan fingerprint density at radius 2 is 1.95 bits per heavy atom. The second-order valence-corrected chi connectivity index (χ2v) is 6.99. The van der Waals surface area contributed by atoms with Gasteiger partial charge < -0.3 is 9.64 Å². The van der Waals surface area contributed by atoms with E-state index in [1.807, 2.05) is 33.8 Å². The van der Waals surface area contributed by atoms with Gasteiger partial charge in [0.05, 0.1) is 0 Å². The number of ether oxygens (including phenoxy) is 1. The van der Waals surface area contributed by atoms with Gasteiger partial charge in [0.15, 0.2) is 0 Å². The molecule has 4 nitrogen and oxygen atoms in total. The maximum atomic E-state index is 12.0. The summed E-state index contributed by atoms with van der Waals surface area (Å²) in [6.07, 6.45) is 1.64. The van der Waals surface area contributed by atoms with Crippen LogP contribution in [-0.4, -0.2) is 34.7 Å². The van der Waals surface area contributed by atoms with Crippen LogP contribution in [0.2, 0.25) is 5.15 Å². The lowest BCUT2D eigenvalue weighted by Gasteiger charge is -2.33.